The molecule has 0 saturated heterocycles. The average Bonchev–Trinajstić information content (AvgIpc) is 3.85. The lowest BCUT2D eigenvalue weighted by Gasteiger charge is -2.28. The Morgan fingerprint density at radius 3 is 2.35 bits per heavy atom. The van der Waals surface area contributed by atoms with E-state index in [0.29, 0.717) is 52.3 Å². The highest BCUT2D eigenvalue weighted by Gasteiger charge is 2.37. The predicted octanol–water partition coefficient (Wildman–Crippen LogP) is 6.71. The third kappa shape index (κ3) is 10.0. The summed E-state index contributed by atoms with van der Waals surface area (Å²) >= 11 is 18.9. The maximum atomic E-state index is 14.0. The molecule has 1 saturated carbocycles. The lowest BCUT2D eigenvalue weighted by atomic mass is 9.97. The van der Waals surface area contributed by atoms with Crippen molar-refractivity contribution >= 4 is 46.8 Å². The molecule has 0 bridgehead atoms. The molecule has 0 radical (unpaired) electrons. The number of carboxylic acid groups (broad SMARTS) is 1. The molecule has 46 heavy (non-hydrogen) atoms. The summed E-state index contributed by atoms with van der Waals surface area (Å²) in [5.41, 5.74) is 2.67. The molecular formula is C33H38Cl3N3O7. The normalized spacial score (nSPS) is 13.2. The quantitative estimate of drug-likeness (QED) is 0.133. The first-order chi connectivity index (χ1) is 22.1. The van der Waals surface area contributed by atoms with E-state index in [-0.39, 0.29) is 55.4 Å². The van der Waals surface area contributed by atoms with Crippen LogP contribution in [0.2, 0.25) is 15.1 Å². The number of hydrogen-bond acceptors (Lipinski definition) is 7. The van der Waals surface area contributed by atoms with Gasteiger partial charge in [0.2, 0.25) is 5.91 Å². The van der Waals surface area contributed by atoms with Crippen LogP contribution < -0.4 is 14.8 Å². The van der Waals surface area contributed by atoms with Gasteiger partial charge in [-0.25, -0.2) is 4.79 Å². The van der Waals surface area contributed by atoms with Crippen LogP contribution in [-0.2, 0) is 28.9 Å². The Kier molecular flexibility index (Phi) is 13.0. The molecule has 1 aliphatic rings. The summed E-state index contributed by atoms with van der Waals surface area (Å²) in [5.74, 6) is 0.0555. The molecule has 2 aromatic carbocycles. The van der Waals surface area contributed by atoms with Gasteiger partial charge in [-0.1, -0.05) is 46.9 Å². The first-order valence-electron chi connectivity index (χ1n) is 15.0. The highest BCUT2D eigenvalue weighted by molar-refractivity contribution is 6.37. The van der Waals surface area contributed by atoms with Crippen molar-refractivity contribution in [3.63, 3.8) is 0 Å². The maximum absolute atomic E-state index is 14.0. The van der Waals surface area contributed by atoms with Crippen LogP contribution >= 0.6 is 34.8 Å². The summed E-state index contributed by atoms with van der Waals surface area (Å²) in [5, 5.41) is 23.8. The van der Waals surface area contributed by atoms with Crippen molar-refractivity contribution in [3.8, 4) is 17.2 Å². The number of carbonyl (C=O) groups excluding carboxylic acids is 1. The summed E-state index contributed by atoms with van der Waals surface area (Å²) < 4.78 is 16.6. The van der Waals surface area contributed by atoms with E-state index in [1.165, 1.54) is 6.20 Å². The zero-order valence-corrected chi connectivity index (χ0v) is 28.0. The topological polar surface area (TPSA) is 130 Å². The lowest BCUT2D eigenvalue weighted by Crippen LogP contribution is -2.43. The second kappa shape index (κ2) is 16.9. The number of carbonyl (C=O) groups is 2. The van der Waals surface area contributed by atoms with Crippen molar-refractivity contribution in [1.82, 2.24) is 15.2 Å². The molecule has 10 nitrogen and oxygen atoms in total. The van der Waals surface area contributed by atoms with Crippen LogP contribution in [0.3, 0.4) is 0 Å². The number of ether oxygens (including phenoxy) is 3. The highest BCUT2D eigenvalue weighted by atomic mass is 35.5. The van der Waals surface area contributed by atoms with E-state index < -0.39 is 12.0 Å². The van der Waals surface area contributed by atoms with Crippen molar-refractivity contribution in [2.75, 3.05) is 33.5 Å². The number of aryl methyl sites for hydroxylation is 2. The Morgan fingerprint density at radius 1 is 1.04 bits per heavy atom. The van der Waals surface area contributed by atoms with Gasteiger partial charge < -0.3 is 34.6 Å². The third-order valence-electron chi connectivity index (χ3n) is 7.54. The number of halogens is 3. The molecule has 1 aromatic heterocycles. The van der Waals surface area contributed by atoms with E-state index in [4.69, 9.17) is 49.0 Å². The Labute approximate surface area is 283 Å². The molecule has 1 atom stereocenters. The SMILES string of the molecule is COCCCc1ncc(Cl)c(CN(C(=O)C(CNC(=O)O)Cc2ccc(OCCOc3c(Cl)cc(C)cc3Cl)cc2)C2CC2)c1O. The number of amides is 2. The van der Waals surface area contributed by atoms with Gasteiger partial charge in [0.1, 0.15) is 24.7 Å². The third-order valence-corrected chi connectivity index (χ3v) is 8.43. The minimum Gasteiger partial charge on any atom is -0.506 e. The Balaban J connectivity index is 1.41. The van der Waals surface area contributed by atoms with Crippen molar-refractivity contribution in [1.29, 1.82) is 0 Å². The molecule has 3 aromatic rings. The highest BCUT2D eigenvalue weighted by Crippen LogP contribution is 2.36. The van der Waals surface area contributed by atoms with Crippen LogP contribution in [-0.4, -0.2) is 71.6 Å². The standard InChI is InChI=1S/C33H38Cl3N3O7/c1-20-14-26(34)31(27(35)15-20)46-13-12-45-24-9-5-21(6-10-24)16-22(17-38-33(42)43)32(41)39(23-7-8-23)19-25-28(36)18-37-29(30(25)40)4-3-11-44-2/h5-6,9-10,14-15,18,22-23,38,40H,3-4,7-8,11-13,16-17,19H2,1-2H3,(H,42,43). The van der Waals surface area contributed by atoms with Crippen LogP contribution in [0.5, 0.6) is 17.2 Å². The van der Waals surface area contributed by atoms with E-state index in [0.717, 1.165) is 24.0 Å². The van der Waals surface area contributed by atoms with Crippen molar-refractivity contribution in [3.05, 3.63) is 80.0 Å². The molecule has 13 heteroatoms. The van der Waals surface area contributed by atoms with Crippen LogP contribution in [0.1, 0.15) is 41.6 Å². The molecule has 4 rings (SSSR count). The predicted molar refractivity (Wildman–Crippen MR) is 177 cm³/mol. The first kappa shape index (κ1) is 35.4. The van der Waals surface area contributed by atoms with Gasteiger partial charge >= 0.3 is 6.09 Å². The van der Waals surface area contributed by atoms with Gasteiger partial charge in [0.15, 0.2) is 5.75 Å². The van der Waals surface area contributed by atoms with Gasteiger partial charge in [0, 0.05) is 38.1 Å². The number of aromatic nitrogens is 1. The maximum Gasteiger partial charge on any atom is 0.404 e. The van der Waals surface area contributed by atoms with E-state index >= 15 is 0 Å². The lowest BCUT2D eigenvalue weighted by molar-refractivity contribution is -0.136. The van der Waals surface area contributed by atoms with E-state index in [9.17, 15) is 19.8 Å². The second-order valence-corrected chi connectivity index (χ2v) is 12.4. The monoisotopic (exact) mass is 693 g/mol. The van der Waals surface area contributed by atoms with E-state index in [1.807, 2.05) is 19.1 Å². The summed E-state index contributed by atoms with van der Waals surface area (Å²) in [6.45, 7) is 2.90. The van der Waals surface area contributed by atoms with Gasteiger partial charge in [-0.15, -0.1) is 0 Å². The van der Waals surface area contributed by atoms with Crippen molar-refractivity contribution in [2.45, 2.75) is 51.6 Å². The van der Waals surface area contributed by atoms with Gasteiger partial charge in [-0.3, -0.25) is 9.78 Å². The number of aromatic hydroxyl groups is 1. The minimum absolute atomic E-state index is 0.0249. The van der Waals surface area contributed by atoms with E-state index in [1.54, 1.807) is 36.3 Å². The Hall–Kier alpha value is -3.44. The average molecular weight is 695 g/mol. The summed E-state index contributed by atoms with van der Waals surface area (Å²) in [6, 6.07) is 10.8. The molecule has 0 aliphatic heterocycles. The van der Waals surface area contributed by atoms with Gasteiger partial charge in [0.05, 0.1) is 33.2 Å². The largest absolute Gasteiger partial charge is 0.506 e. The van der Waals surface area contributed by atoms with Crippen molar-refractivity contribution < 1.29 is 34.0 Å². The number of nitrogens with one attached hydrogen (secondary N) is 1. The molecule has 3 N–H and O–H groups in total. The summed E-state index contributed by atoms with van der Waals surface area (Å²) in [4.78, 5) is 31.3. The fourth-order valence-corrected chi connectivity index (χ4v) is 5.95. The number of methoxy groups -OCH3 is 1. The van der Waals surface area contributed by atoms with E-state index in [2.05, 4.69) is 10.3 Å². The molecule has 2 amide bonds. The number of rotatable bonds is 17. The molecule has 1 heterocycles. The molecule has 1 aliphatic carbocycles. The Morgan fingerprint density at radius 2 is 1.72 bits per heavy atom. The van der Waals surface area contributed by atoms with Gasteiger partial charge in [-0.2, -0.15) is 0 Å². The molecule has 1 unspecified atom stereocenters. The van der Waals surface area contributed by atoms with Gasteiger partial charge in [0.25, 0.3) is 0 Å². The molecule has 0 spiro atoms. The molecular weight excluding hydrogens is 657 g/mol. The second-order valence-electron chi connectivity index (χ2n) is 11.2. The zero-order chi connectivity index (χ0) is 33.2. The smallest absolute Gasteiger partial charge is 0.404 e. The van der Waals surface area contributed by atoms with Crippen molar-refractivity contribution in [2.24, 2.45) is 5.92 Å². The van der Waals surface area contributed by atoms with Crippen LogP contribution in [0, 0.1) is 12.8 Å². The van der Waals surface area contributed by atoms with Crippen LogP contribution in [0.15, 0.2) is 42.6 Å². The molecule has 1 fully saturated rings. The number of nitrogens with zero attached hydrogens (tertiary/aromatic N) is 2. The Bertz CT molecular complexity index is 1480. The first-order valence-corrected chi connectivity index (χ1v) is 16.1. The van der Waals surface area contributed by atoms with Gasteiger partial charge in [-0.05, 0) is 74.4 Å². The number of benzene rings is 2. The zero-order valence-electron chi connectivity index (χ0n) is 25.7. The summed E-state index contributed by atoms with van der Waals surface area (Å²) in [6.07, 6.45) is 3.34. The van der Waals surface area contributed by atoms with Crippen LogP contribution in [0.4, 0.5) is 4.79 Å². The fraction of sp³-hybridized carbons (Fsp3) is 0.424. The number of hydrogen-bond donors (Lipinski definition) is 3. The minimum atomic E-state index is -1.22. The number of pyridine rings is 1. The summed E-state index contributed by atoms with van der Waals surface area (Å²) in [7, 11) is 1.61. The van der Waals surface area contributed by atoms with Crippen LogP contribution in [0.25, 0.3) is 0 Å². The molecule has 248 valence electrons. The fourth-order valence-electron chi connectivity index (χ4n) is 5.05.